The Morgan fingerprint density at radius 2 is 2.23 bits per heavy atom. The van der Waals surface area contributed by atoms with Gasteiger partial charge in [0.25, 0.3) is 5.69 Å². The standard InChI is InChI=1S/C15H14N4O3/c20-19(21)11-3-4-14-13(8-11)16-15-10-17(5-6-18(14)15)9-12-2-1-7-22-12/h1-4,7-8H,5-6,9-10H2. The summed E-state index contributed by atoms with van der Waals surface area (Å²) in [6.45, 7) is 3.18. The molecule has 4 rings (SSSR count). The van der Waals surface area contributed by atoms with Crippen LogP contribution in [0.2, 0.25) is 0 Å². The van der Waals surface area contributed by atoms with Crippen LogP contribution < -0.4 is 0 Å². The van der Waals surface area contributed by atoms with Crippen LogP contribution in [0.5, 0.6) is 0 Å². The summed E-state index contributed by atoms with van der Waals surface area (Å²) in [6.07, 6.45) is 1.67. The van der Waals surface area contributed by atoms with E-state index in [0.29, 0.717) is 12.1 Å². The normalized spacial score (nSPS) is 15.1. The van der Waals surface area contributed by atoms with Gasteiger partial charge in [0, 0.05) is 25.2 Å². The number of hydrogen-bond acceptors (Lipinski definition) is 5. The average Bonchev–Trinajstić information content (AvgIpc) is 3.13. The van der Waals surface area contributed by atoms with Crippen molar-refractivity contribution in [3.8, 4) is 0 Å². The average molecular weight is 298 g/mol. The molecular formula is C15H14N4O3. The highest BCUT2D eigenvalue weighted by Gasteiger charge is 2.21. The van der Waals surface area contributed by atoms with Crippen LogP contribution in [-0.2, 0) is 19.6 Å². The fourth-order valence-electron chi connectivity index (χ4n) is 2.93. The summed E-state index contributed by atoms with van der Waals surface area (Å²) in [6, 6.07) is 8.70. The van der Waals surface area contributed by atoms with E-state index in [9.17, 15) is 10.1 Å². The molecule has 0 N–H and O–H groups in total. The predicted octanol–water partition coefficient (Wildman–Crippen LogP) is 2.55. The molecule has 7 heteroatoms. The van der Waals surface area contributed by atoms with Gasteiger partial charge in [-0.1, -0.05) is 0 Å². The van der Waals surface area contributed by atoms with Crippen molar-refractivity contribution in [2.24, 2.45) is 0 Å². The first-order valence-electron chi connectivity index (χ1n) is 7.09. The number of benzene rings is 1. The number of furan rings is 1. The van der Waals surface area contributed by atoms with Crippen molar-refractivity contribution in [1.29, 1.82) is 0 Å². The van der Waals surface area contributed by atoms with Crippen LogP contribution >= 0.6 is 0 Å². The Morgan fingerprint density at radius 1 is 1.32 bits per heavy atom. The van der Waals surface area contributed by atoms with Gasteiger partial charge in [-0.2, -0.15) is 0 Å². The molecule has 0 fully saturated rings. The van der Waals surface area contributed by atoms with E-state index in [-0.39, 0.29) is 10.6 Å². The maximum Gasteiger partial charge on any atom is 0.271 e. The lowest BCUT2D eigenvalue weighted by Crippen LogP contribution is -2.33. The molecule has 0 radical (unpaired) electrons. The topological polar surface area (TPSA) is 77.3 Å². The maximum atomic E-state index is 10.9. The minimum atomic E-state index is -0.388. The van der Waals surface area contributed by atoms with Gasteiger partial charge in [-0.3, -0.25) is 15.0 Å². The molecule has 1 aliphatic rings. The van der Waals surface area contributed by atoms with Crippen LogP contribution in [0.15, 0.2) is 41.0 Å². The van der Waals surface area contributed by atoms with E-state index in [1.165, 1.54) is 12.1 Å². The molecule has 0 saturated heterocycles. The van der Waals surface area contributed by atoms with Crippen LogP contribution in [0.3, 0.4) is 0 Å². The summed E-state index contributed by atoms with van der Waals surface area (Å²) >= 11 is 0. The molecule has 22 heavy (non-hydrogen) atoms. The van der Waals surface area contributed by atoms with Crippen molar-refractivity contribution in [1.82, 2.24) is 14.5 Å². The summed E-state index contributed by atoms with van der Waals surface area (Å²) in [7, 11) is 0. The first-order valence-corrected chi connectivity index (χ1v) is 7.09. The highest BCUT2D eigenvalue weighted by atomic mass is 16.6. The Labute approximate surface area is 125 Å². The second kappa shape index (κ2) is 4.96. The molecule has 0 spiro atoms. The number of nitro groups is 1. The molecule has 3 aromatic rings. The fraction of sp³-hybridized carbons (Fsp3) is 0.267. The molecule has 1 aromatic carbocycles. The smallest absolute Gasteiger partial charge is 0.271 e. The maximum absolute atomic E-state index is 10.9. The summed E-state index contributed by atoms with van der Waals surface area (Å²) in [4.78, 5) is 17.3. The van der Waals surface area contributed by atoms with Crippen LogP contribution in [0.4, 0.5) is 5.69 Å². The molecule has 0 saturated carbocycles. The fourth-order valence-corrected chi connectivity index (χ4v) is 2.93. The van der Waals surface area contributed by atoms with Crippen LogP contribution in [0.25, 0.3) is 11.0 Å². The van der Waals surface area contributed by atoms with Gasteiger partial charge in [-0.05, 0) is 18.2 Å². The molecule has 0 unspecified atom stereocenters. The third-order valence-corrected chi connectivity index (χ3v) is 3.99. The van der Waals surface area contributed by atoms with Crippen molar-refractivity contribution in [3.63, 3.8) is 0 Å². The molecule has 112 valence electrons. The largest absolute Gasteiger partial charge is 0.468 e. The number of nitrogens with zero attached hydrogens (tertiary/aromatic N) is 4. The second-order valence-electron chi connectivity index (χ2n) is 5.40. The third kappa shape index (κ3) is 2.15. The summed E-state index contributed by atoms with van der Waals surface area (Å²) in [5, 5.41) is 10.9. The van der Waals surface area contributed by atoms with Gasteiger partial charge < -0.3 is 8.98 Å². The van der Waals surface area contributed by atoms with E-state index >= 15 is 0 Å². The van der Waals surface area contributed by atoms with Gasteiger partial charge in [0.2, 0.25) is 0 Å². The van der Waals surface area contributed by atoms with Gasteiger partial charge in [-0.15, -0.1) is 0 Å². The quantitative estimate of drug-likeness (QED) is 0.548. The number of rotatable bonds is 3. The SMILES string of the molecule is O=[N+]([O-])c1ccc2c(c1)nc1n2CCN(Cc2ccco2)C1. The van der Waals surface area contributed by atoms with Crippen molar-refractivity contribution in [2.45, 2.75) is 19.6 Å². The van der Waals surface area contributed by atoms with Gasteiger partial charge in [-0.25, -0.2) is 4.98 Å². The van der Waals surface area contributed by atoms with E-state index in [4.69, 9.17) is 4.42 Å². The number of fused-ring (bicyclic) bond motifs is 3. The number of imidazole rings is 1. The van der Waals surface area contributed by atoms with Gasteiger partial charge in [0.1, 0.15) is 11.6 Å². The van der Waals surface area contributed by atoms with E-state index in [1.807, 2.05) is 12.1 Å². The lowest BCUT2D eigenvalue weighted by Gasteiger charge is -2.26. The number of nitro benzene ring substituents is 1. The highest BCUT2D eigenvalue weighted by molar-refractivity contribution is 5.78. The predicted molar refractivity (Wildman–Crippen MR) is 79.2 cm³/mol. The van der Waals surface area contributed by atoms with E-state index in [0.717, 1.165) is 36.7 Å². The summed E-state index contributed by atoms with van der Waals surface area (Å²) in [5.74, 6) is 1.87. The zero-order chi connectivity index (χ0) is 15.1. The molecule has 7 nitrogen and oxygen atoms in total. The number of hydrogen-bond donors (Lipinski definition) is 0. The third-order valence-electron chi connectivity index (χ3n) is 3.99. The molecule has 2 aromatic heterocycles. The van der Waals surface area contributed by atoms with Crippen molar-refractivity contribution in [2.75, 3.05) is 6.54 Å². The molecule has 0 bridgehead atoms. The summed E-state index contributed by atoms with van der Waals surface area (Å²) < 4.78 is 7.52. The Bertz CT molecular complexity index is 838. The van der Waals surface area contributed by atoms with Crippen molar-refractivity contribution >= 4 is 16.7 Å². The molecule has 0 amide bonds. The summed E-state index contributed by atoms with van der Waals surface area (Å²) in [5.41, 5.74) is 1.72. The lowest BCUT2D eigenvalue weighted by molar-refractivity contribution is -0.384. The van der Waals surface area contributed by atoms with Gasteiger partial charge >= 0.3 is 0 Å². The monoisotopic (exact) mass is 298 g/mol. The molecule has 3 heterocycles. The minimum absolute atomic E-state index is 0.0791. The van der Waals surface area contributed by atoms with Crippen molar-refractivity contribution < 1.29 is 9.34 Å². The Balaban J connectivity index is 1.64. The Morgan fingerprint density at radius 3 is 3.00 bits per heavy atom. The molecule has 0 aliphatic carbocycles. The number of non-ortho nitro benzene ring substituents is 1. The van der Waals surface area contributed by atoms with E-state index in [1.54, 1.807) is 12.3 Å². The second-order valence-corrected chi connectivity index (χ2v) is 5.40. The zero-order valence-corrected chi connectivity index (χ0v) is 11.8. The zero-order valence-electron chi connectivity index (χ0n) is 11.8. The first kappa shape index (κ1) is 13.0. The van der Waals surface area contributed by atoms with Gasteiger partial charge in [0.15, 0.2) is 0 Å². The van der Waals surface area contributed by atoms with Crippen LogP contribution in [-0.4, -0.2) is 25.9 Å². The van der Waals surface area contributed by atoms with Crippen LogP contribution in [0.1, 0.15) is 11.6 Å². The van der Waals surface area contributed by atoms with Crippen LogP contribution in [0, 0.1) is 10.1 Å². The van der Waals surface area contributed by atoms with E-state index < -0.39 is 0 Å². The number of aromatic nitrogens is 2. The minimum Gasteiger partial charge on any atom is -0.468 e. The lowest BCUT2D eigenvalue weighted by atomic mass is 10.2. The molecule has 1 aliphatic heterocycles. The Kier molecular flexibility index (Phi) is 2.93. The van der Waals surface area contributed by atoms with E-state index in [2.05, 4.69) is 14.5 Å². The molecule has 0 atom stereocenters. The van der Waals surface area contributed by atoms with Gasteiger partial charge in [0.05, 0.1) is 35.3 Å². The highest BCUT2D eigenvalue weighted by Crippen LogP contribution is 2.25. The Hall–Kier alpha value is -2.67. The molecular weight excluding hydrogens is 284 g/mol. The first-order chi connectivity index (χ1) is 10.7. The van der Waals surface area contributed by atoms with Crippen molar-refractivity contribution in [3.05, 3.63) is 58.3 Å².